The molecule has 4 rings (SSSR count). The Morgan fingerprint density at radius 2 is 1.73 bits per heavy atom. The molecule has 33 heavy (non-hydrogen) atoms. The third kappa shape index (κ3) is 4.65. The van der Waals surface area contributed by atoms with Crippen molar-refractivity contribution in [3.63, 3.8) is 0 Å². The number of halogens is 1. The average molecular weight is 445 g/mol. The summed E-state index contributed by atoms with van der Waals surface area (Å²) in [6.45, 7) is 2.62. The van der Waals surface area contributed by atoms with Gasteiger partial charge in [0, 0.05) is 12.1 Å². The van der Waals surface area contributed by atoms with Crippen LogP contribution in [0.2, 0.25) is 0 Å². The minimum absolute atomic E-state index is 0.0201. The zero-order valence-corrected chi connectivity index (χ0v) is 18.2. The van der Waals surface area contributed by atoms with Crippen molar-refractivity contribution in [2.75, 3.05) is 13.2 Å². The van der Waals surface area contributed by atoms with Crippen molar-refractivity contribution in [2.24, 2.45) is 0 Å². The number of amides is 1. The first-order chi connectivity index (χ1) is 16.0. The van der Waals surface area contributed by atoms with E-state index in [0.29, 0.717) is 24.3 Å². The molecule has 3 aromatic rings. The second kappa shape index (κ2) is 9.69. The van der Waals surface area contributed by atoms with Gasteiger partial charge in [-0.2, -0.15) is 0 Å². The number of carbonyl (C=O) groups excluding carboxylic acids is 2. The monoisotopic (exact) mass is 445 g/mol. The fraction of sp³-hybridized carbons (Fsp3) is 0.185. The lowest BCUT2D eigenvalue weighted by molar-refractivity contribution is -0.139. The standard InChI is InChI=1S/C27H24FNO4/c1-2-33-22-10-6-9-20(17-22)24-23(25(30)19-11-13-21(28)14-12-19)26(31)27(32)29(24)16-15-18-7-4-3-5-8-18/h3-14,17,24,30H,2,15-16H2,1H3/b25-23+. The Balaban J connectivity index is 1.79. The normalized spacial score (nSPS) is 17.4. The first-order valence-electron chi connectivity index (χ1n) is 10.8. The molecule has 1 N–H and O–H groups in total. The Morgan fingerprint density at radius 3 is 2.42 bits per heavy atom. The van der Waals surface area contributed by atoms with Gasteiger partial charge in [0.05, 0.1) is 18.2 Å². The fourth-order valence-electron chi connectivity index (χ4n) is 4.06. The summed E-state index contributed by atoms with van der Waals surface area (Å²) in [5.74, 6) is -1.64. The quantitative estimate of drug-likeness (QED) is 0.320. The largest absolute Gasteiger partial charge is 0.507 e. The van der Waals surface area contributed by atoms with Crippen LogP contribution in [-0.2, 0) is 16.0 Å². The number of likely N-dealkylation sites (tertiary alicyclic amines) is 1. The minimum Gasteiger partial charge on any atom is -0.507 e. The highest BCUT2D eigenvalue weighted by atomic mass is 19.1. The molecule has 1 heterocycles. The molecule has 0 bridgehead atoms. The maximum absolute atomic E-state index is 13.4. The molecular formula is C27H24FNO4. The number of Topliss-reactive ketones (excluding diaryl/α,β-unsaturated/α-hetero) is 1. The number of benzene rings is 3. The number of ketones is 1. The summed E-state index contributed by atoms with van der Waals surface area (Å²) in [5, 5.41) is 11.0. The van der Waals surface area contributed by atoms with E-state index in [1.807, 2.05) is 37.3 Å². The third-order valence-electron chi connectivity index (χ3n) is 5.63. The second-order valence-electron chi connectivity index (χ2n) is 7.74. The maximum atomic E-state index is 13.4. The van der Waals surface area contributed by atoms with Crippen LogP contribution >= 0.6 is 0 Å². The highest BCUT2D eigenvalue weighted by Gasteiger charge is 2.45. The molecule has 3 aromatic carbocycles. The van der Waals surface area contributed by atoms with Crippen LogP contribution in [0, 0.1) is 5.82 Å². The summed E-state index contributed by atoms with van der Waals surface area (Å²) in [5.41, 5.74) is 1.92. The number of rotatable bonds is 7. The molecule has 1 atom stereocenters. The zero-order chi connectivity index (χ0) is 23.4. The van der Waals surface area contributed by atoms with Gasteiger partial charge >= 0.3 is 0 Å². The van der Waals surface area contributed by atoms with E-state index in [2.05, 4.69) is 0 Å². The van der Waals surface area contributed by atoms with Gasteiger partial charge in [-0.3, -0.25) is 9.59 Å². The number of carbonyl (C=O) groups is 2. The Morgan fingerprint density at radius 1 is 1.00 bits per heavy atom. The summed E-state index contributed by atoms with van der Waals surface area (Å²) < 4.78 is 19.0. The first kappa shape index (κ1) is 22.3. The summed E-state index contributed by atoms with van der Waals surface area (Å²) in [6.07, 6.45) is 0.548. The fourth-order valence-corrected chi connectivity index (χ4v) is 4.06. The van der Waals surface area contributed by atoms with Crippen LogP contribution in [0.1, 0.15) is 29.7 Å². The number of nitrogens with zero attached hydrogens (tertiary/aromatic N) is 1. The predicted molar refractivity (Wildman–Crippen MR) is 123 cm³/mol. The van der Waals surface area contributed by atoms with Crippen molar-refractivity contribution in [1.29, 1.82) is 0 Å². The van der Waals surface area contributed by atoms with Crippen molar-refractivity contribution in [1.82, 2.24) is 4.90 Å². The third-order valence-corrected chi connectivity index (χ3v) is 5.63. The van der Waals surface area contributed by atoms with Crippen LogP contribution < -0.4 is 4.74 Å². The number of hydrogen-bond donors (Lipinski definition) is 1. The molecule has 0 aliphatic carbocycles. The molecule has 1 aliphatic heterocycles. The molecule has 0 spiro atoms. The molecule has 1 saturated heterocycles. The van der Waals surface area contributed by atoms with Crippen molar-refractivity contribution < 1.29 is 23.8 Å². The van der Waals surface area contributed by atoms with Crippen molar-refractivity contribution >= 4 is 17.4 Å². The van der Waals surface area contributed by atoms with Crippen LogP contribution in [0.3, 0.4) is 0 Å². The molecule has 0 aromatic heterocycles. The lowest BCUT2D eigenvalue weighted by atomic mass is 9.95. The van der Waals surface area contributed by atoms with Gasteiger partial charge in [-0.15, -0.1) is 0 Å². The molecule has 0 saturated carbocycles. The summed E-state index contributed by atoms with van der Waals surface area (Å²) >= 11 is 0. The molecule has 0 radical (unpaired) electrons. The molecule has 168 valence electrons. The van der Waals surface area contributed by atoms with E-state index < -0.39 is 23.5 Å². The highest BCUT2D eigenvalue weighted by molar-refractivity contribution is 6.46. The summed E-state index contributed by atoms with van der Waals surface area (Å²) in [4.78, 5) is 27.6. The van der Waals surface area contributed by atoms with E-state index in [0.717, 1.165) is 5.56 Å². The van der Waals surface area contributed by atoms with Gasteiger partial charge in [0.1, 0.15) is 17.3 Å². The lowest BCUT2D eigenvalue weighted by Crippen LogP contribution is -2.31. The van der Waals surface area contributed by atoms with Crippen molar-refractivity contribution in [2.45, 2.75) is 19.4 Å². The predicted octanol–water partition coefficient (Wildman–Crippen LogP) is 4.89. The minimum atomic E-state index is -0.792. The highest BCUT2D eigenvalue weighted by Crippen LogP contribution is 2.40. The smallest absolute Gasteiger partial charge is 0.295 e. The molecule has 1 aliphatic rings. The Bertz CT molecular complexity index is 1190. The van der Waals surface area contributed by atoms with Crippen molar-refractivity contribution in [3.8, 4) is 5.75 Å². The number of hydrogen-bond acceptors (Lipinski definition) is 4. The van der Waals surface area contributed by atoms with Gasteiger partial charge in [0.15, 0.2) is 0 Å². The Labute approximate surface area is 191 Å². The SMILES string of the molecule is CCOc1cccc(C2/C(=C(\O)c3ccc(F)cc3)C(=O)C(=O)N2CCc2ccccc2)c1. The molecule has 1 fully saturated rings. The van der Waals surface area contributed by atoms with E-state index >= 15 is 0 Å². The van der Waals surface area contributed by atoms with Gasteiger partial charge in [-0.05, 0) is 60.9 Å². The van der Waals surface area contributed by atoms with Crippen LogP contribution in [0.15, 0.2) is 84.4 Å². The van der Waals surface area contributed by atoms with Crippen molar-refractivity contribution in [3.05, 3.63) is 107 Å². The van der Waals surface area contributed by atoms with Gasteiger partial charge in [-0.25, -0.2) is 4.39 Å². The van der Waals surface area contributed by atoms with E-state index in [1.54, 1.807) is 24.3 Å². The average Bonchev–Trinajstić information content (AvgIpc) is 3.09. The van der Waals surface area contributed by atoms with Gasteiger partial charge in [0.25, 0.3) is 11.7 Å². The zero-order valence-electron chi connectivity index (χ0n) is 18.2. The van der Waals surface area contributed by atoms with E-state index in [1.165, 1.54) is 29.2 Å². The maximum Gasteiger partial charge on any atom is 0.295 e. The first-order valence-corrected chi connectivity index (χ1v) is 10.8. The molecule has 1 unspecified atom stereocenters. The van der Waals surface area contributed by atoms with Crippen LogP contribution in [0.4, 0.5) is 4.39 Å². The van der Waals surface area contributed by atoms with Crippen LogP contribution in [0.25, 0.3) is 5.76 Å². The summed E-state index contributed by atoms with van der Waals surface area (Å²) in [6, 6.07) is 21.2. The molecule has 5 nitrogen and oxygen atoms in total. The number of aliphatic hydroxyl groups excluding tert-OH is 1. The Hall–Kier alpha value is -3.93. The Kier molecular flexibility index (Phi) is 6.54. The van der Waals surface area contributed by atoms with Crippen LogP contribution in [-0.4, -0.2) is 34.8 Å². The summed E-state index contributed by atoms with van der Waals surface area (Å²) in [7, 11) is 0. The van der Waals surface area contributed by atoms with Gasteiger partial charge in [-0.1, -0.05) is 42.5 Å². The molecule has 1 amide bonds. The second-order valence-corrected chi connectivity index (χ2v) is 7.74. The topological polar surface area (TPSA) is 66.8 Å². The number of ether oxygens (including phenoxy) is 1. The number of aliphatic hydroxyl groups is 1. The van der Waals surface area contributed by atoms with E-state index in [-0.39, 0.29) is 23.4 Å². The van der Waals surface area contributed by atoms with E-state index in [9.17, 15) is 19.1 Å². The lowest BCUT2D eigenvalue weighted by Gasteiger charge is -2.25. The van der Waals surface area contributed by atoms with Gasteiger partial charge in [0.2, 0.25) is 0 Å². The van der Waals surface area contributed by atoms with E-state index in [4.69, 9.17) is 4.74 Å². The molecule has 6 heteroatoms. The van der Waals surface area contributed by atoms with Crippen LogP contribution in [0.5, 0.6) is 5.75 Å². The molecular weight excluding hydrogens is 421 g/mol. The van der Waals surface area contributed by atoms with Gasteiger partial charge < -0.3 is 14.7 Å².